The van der Waals surface area contributed by atoms with E-state index in [4.69, 9.17) is 9.15 Å². The van der Waals surface area contributed by atoms with Crippen molar-refractivity contribution in [2.75, 3.05) is 19.5 Å². The maximum absolute atomic E-state index is 12.0. The first kappa shape index (κ1) is 20.1. The smallest absolute Gasteiger partial charge is 0.354 e. The van der Waals surface area contributed by atoms with Gasteiger partial charge in [0, 0.05) is 11.3 Å². The molecule has 1 aromatic heterocycles. The number of nitrogens with one attached hydrogen (secondary N) is 1. The third kappa shape index (κ3) is 4.29. The van der Waals surface area contributed by atoms with Crippen molar-refractivity contribution in [3.8, 4) is 11.5 Å². The number of hydrogen-bond acceptors (Lipinski definition) is 7. The Morgan fingerprint density at radius 1 is 1.03 bits per heavy atom. The molecule has 0 amide bonds. The van der Waals surface area contributed by atoms with Crippen LogP contribution in [0, 0.1) is 20.8 Å². The summed E-state index contributed by atoms with van der Waals surface area (Å²) < 4.78 is 15.3. The summed E-state index contributed by atoms with van der Waals surface area (Å²) in [5, 5.41) is 2.94. The Balaban J connectivity index is 2.02. The number of aryl methyl sites for hydroxylation is 3. The van der Waals surface area contributed by atoms with Crippen LogP contribution in [0.25, 0.3) is 22.6 Å². The van der Waals surface area contributed by atoms with Gasteiger partial charge in [-0.05, 0) is 55.7 Å². The van der Waals surface area contributed by atoms with Crippen LogP contribution in [0.5, 0.6) is 0 Å². The summed E-state index contributed by atoms with van der Waals surface area (Å²) in [7, 11) is 2.47. The molecule has 2 aromatic carbocycles. The number of anilines is 1. The second-order valence-electron chi connectivity index (χ2n) is 6.68. The summed E-state index contributed by atoms with van der Waals surface area (Å²) in [6.07, 6.45) is 1.05. The van der Waals surface area contributed by atoms with E-state index in [-0.39, 0.29) is 5.70 Å². The fraction of sp³-hybridized carbons (Fsp3) is 0.227. The Morgan fingerprint density at radius 3 is 2.48 bits per heavy atom. The van der Waals surface area contributed by atoms with Gasteiger partial charge in [-0.3, -0.25) is 0 Å². The molecule has 0 atom stereocenters. The van der Waals surface area contributed by atoms with Gasteiger partial charge in [-0.25, -0.2) is 14.6 Å². The van der Waals surface area contributed by atoms with Crippen molar-refractivity contribution >= 4 is 28.7 Å². The van der Waals surface area contributed by atoms with Crippen LogP contribution in [0.3, 0.4) is 0 Å². The highest BCUT2D eigenvalue weighted by Crippen LogP contribution is 2.30. The second kappa shape index (κ2) is 8.18. The highest BCUT2D eigenvalue weighted by molar-refractivity contribution is 5.99. The van der Waals surface area contributed by atoms with Gasteiger partial charge in [-0.2, -0.15) is 0 Å². The van der Waals surface area contributed by atoms with Crippen molar-refractivity contribution in [1.29, 1.82) is 0 Å². The number of nitrogens with zero attached hydrogens (tertiary/aromatic N) is 1. The molecule has 0 aliphatic rings. The van der Waals surface area contributed by atoms with Crippen LogP contribution >= 0.6 is 0 Å². The fourth-order valence-corrected chi connectivity index (χ4v) is 2.97. The van der Waals surface area contributed by atoms with Crippen molar-refractivity contribution in [2.45, 2.75) is 20.8 Å². The molecule has 3 rings (SSSR count). The molecule has 0 bridgehead atoms. The van der Waals surface area contributed by atoms with E-state index in [0.717, 1.165) is 39.4 Å². The number of methoxy groups -OCH3 is 2. The van der Waals surface area contributed by atoms with Gasteiger partial charge in [0.1, 0.15) is 11.2 Å². The second-order valence-corrected chi connectivity index (χ2v) is 6.68. The van der Waals surface area contributed by atoms with Gasteiger partial charge in [-0.15, -0.1) is 0 Å². The Morgan fingerprint density at radius 2 is 1.79 bits per heavy atom. The molecule has 3 aromatic rings. The van der Waals surface area contributed by atoms with Gasteiger partial charge in [0.15, 0.2) is 5.58 Å². The predicted octanol–water partition coefficient (Wildman–Crippen LogP) is 4.06. The van der Waals surface area contributed by atoms with Crippen LogP contribution in [0.1, 0.15) is 16.7 Å². The van der Waals surface area contributed by atoms with Crippen molar-refractivity contribution in [1.82, 2.24) is 4.98 Å². The average Bonchev–Trinajstić information content (AvgIpc) is 3.12. The molecule has 0 spiro atoms. The third-order valence-electron chi connectivity index (χ3n) is 4.44. The molecule has 1 N–H and O–H groups in total. The molecule has 7 heteroatoms. The molecule has 0 saturated heterocycles. The lowest BCUT2D eigenvalue weighted by atomic mass is 10.1. The normalized spacial score (nSPS) is 11.4. The molecule has 0 saturated carbocycles. The Bertz CT molecular complexity index is 1130. The van der Waals surface area contributed by atoms with Gasteiger partial charge in [0.05, 0.1) is 20.3 Å². The average molecular weight is 394 g/mol. The summed E-state index contributed by atoms with van der Waals surface area (Å²) in [5.74, 6) is -0.891. The van der Waals surface area contributed by atoms with E-state index in [1.807, 2.05) is 45.0 Å². The number of hydrogen-bond donors (Lipinski definition) is 1. The summed E-state index contributed by atoms with van der Waals surface area (Å²) in [4.78, 5) is 28.2. The van der Waals surface area contributed by atoms with Crippen LogP contribution in [0.2, 0.25) is 0 Å². The first-order chi connectivity index (χ1) is 13.8. The number of carbonyl (C=O) groups is 2. The molecule has 1 heterocycles. The zero-order chi connectivity index (χ0) is 21.1. The SMILES string of the molecule is COC(=O)/C=C(/Nc1cc(-c2nc3cc(C)cc(C)c3o2)ccc1C)C(=O)OC. The van der Waals surface area contributed by atoms with Gasteiger partial charge in [0.25, 0.3) is 0 Å². The fourth-order valence-electron chi connectivity index (χ4n) is 2.97. The lowest BCUT2D eigenvalue weighted by Crippen LogP contribution is -2.16. The number of esters is 2. The van der Waals surface area contributed by atoms with Crippen molar-refractivity contribution in [3.63, 3.8) is 0 Å². The zero-order valence-electron chi connectivity index (χ0n) is 17.0. The van der Waals surface area contributed by atoms with Gasteiger partial charge in [-0.1, -0.05) is 12.1 Å². The molecule has 0 fully saturated rings. The van der Waals surface area contributed by atoms with Crippen molar-refractivity contribution in [3.05, 3.63) is 58.8 Å². The molecule has 0 radical (unpaired) electrons. The number of fused-ring (bicyclic) bond motifs is 1. The van der Waals surface area contributed by atoms with Crippen LogP contribution in [-0.2, 0) is 19.1 Å². The summed E-state index contributed by atoms with van der Waals surface area (Å²) >= 11 is 0. The lowest BCUT2D eigenvalue weighted by molar-refractivity contribution is -0.138. The summed E-state index contributed by atoms with van der Waals surface area (Å²) in [6.45, 7) is 5.86. The number of oxazole rings is 1. The maximum atomic E-state index is 12.0. The van der Waals surface area contributed by atoms with E-state index >= 15 is 0 Å². The van der Waals surface area contributed by atoms with Crippen molar-refractivity contribution in [2.24, 2.45) is 0 Å². The number of ether oxygens (including phenoxy) is 2. The van der Waals surface area contributed by atoms with Gasteiger partial charge in [0.2, 0.25) is 5.89 Å². The molecule has 7 nitrogen and oxygen atoms in total. The molecule has 0 aliphatic heterocycles. The predicted molar refractivity (Wildman–Crippen MR) is 109 cm³/mol. The highest BCUT2D eigenvalue weighted by atomic mass is 16.5. The number of benzene rings is 2. The third-order valence-corrected chi connectivity index (χ3v) is 4.44. The minimum Gasteiger partial charge on any atom is -0.466 e. The molecule has 0 unspecified atom stereocenters. The first-order valence-corrected chi connectivity index (χ1v) is 8.96. The molecule has 29 heavy (non-hydrogen) atoms. The van der Waals surface area contributed by atoms with E-state index in [0.29, 0.717) is 11.6 Å². The monoisotopic (exact) mass is 394 g/mol. The Kier molecular flexibility index (Phi) is 5.68. The van der Waals surface area contributed by atoms with Crippen LogP contribution in [0.4, 0.5) is 5.69 Å². The summed E-state index contributed by atoms with van der Waals surface area (Å²) in [6, 6.07) is 9.57. The Labute approximate surface area is 168 Å². The molecular formula is C22H22N2O5. The number of carbonyl (C=O) groups excluding carboxylic acids is 2. The molecule has 0 aliphatic carbocycles. The van der Waals surface area contributed by atoms with Crippen LogP contribution in [0.15, 0.2) is 46.5 Å². The highest BCUT2D eigenvalue weighted by Gasteiger charge is 2.16. The van der Waals surface area contributed by atoms with Crippen molar-refractivity contribution < 1.29 is 23.5 Å². The summed E-state index contributed by atoms with van der Waals surface area (Å²) in [5.41, 5.74) is 5.80. The standard InChI is InChI=1S/C22H22N2O5/c1-12-8-14(3)20-17(9-12)24-21(29-20)15-7-6-13(2)16(10-15)23-18(22(26)28-5)11-19(25)27-4/h6-11,23H,1-5H3/b18-11+. The van der Waals surface area contributed by atoms with E-state index in [1.54, 1.807) is 6.07 Å². The number of rotatable bonds is 5. The minimum atomic E-state index is -0.687. The van der Waals surface area contributed by atoms with E-state index in [2.05, 4.69) is 15.0 Å². The van der Waals surface area contributed by atoms with E-state index < -0.39 is 11.9 Å². The Hall–Kier alpha value is -3.61. The first-order valence-electron chi connectivity index (χ1n) is 8.96. The molecular weight excluding hydrogens is 372 g/mol. The zero-order valence-corrected chi connectivity index (χ0v) is 17.0. The topological polar surface area (TPSA) is 90.7 Å². The minimum absolute atomic E-state index is 0.0383. The number of aromatic nitrogens is 1. The largest absolute Gasteiger partial charge is 0.466 e. The van der Waals surface area contributed by atoms with E-state index in [9.17, 15) is 9.59 Å². The van der Waals surface area contributed by atoms with Gasteiger partial charge >= 0.3 is 11.9 Å². The van der Waals surface area contributed by atoms with E-state index in [1.165, 1.54) is 14.2 Å². The van der Waals surface area contributed by atoms with Gasteiger partial charge < -0.3 is 19.2 Å². The quantitative estimate of drug-likeness (QED) is 0.515. The van der Waals surface area contributed by atoms with Crippen LogP contribution < -0.4 is 5.32 Å². The maximum Gasteiger partial charge on any atom is 0.354 e. The lowest BCUT2D eigenvalue weighted by Gasteiger charge is -2.12. The van der Waals surface area contributed by atoms with Crippen LogP contribution in [-0.4, -0.2) is 31.1 Å². The molecule has 150 valence electrons.